The third-order valence-electron chi connectivity index (χ3n) is 3.25. The Balaban J connectivity index is 1.88. The van der Waals surface area contributed by atoms with E-state index in [4.69, 9.17) is 0 Å². The zero-order chi connectivity index (χ0) is 13.9. The lowest BCUT2D eigenvalue weighted by Crippen LogP contribution is -2.13. The molecular weight excluding hydrogens is 250 g/mol. The van der Waals surface area contributed by atoms with Crippen molar-refractivity contribution in [2.24, 2.45) is 0 Å². The van der Waals surface area contributed by atoms with E-state index in [0.717, 1.165) is 22.3 Å². The lowest BCUT2D eigenvalue weighted by atomic mass is 10.1. The normalized spacial score (nSPS) is 10.4. The Morgan fingerprint density at radius 3 is 2.80 bits per heavy atom. The summed E-state index contributed by atoms with van der Waals surface area (Å²) >= 11 is 0. The molecule has 0 aliphatic rings. The number of para-hydroxylation sites is 1. The Kier molecular flexibility index (Phi) is 3.13. The third-order valence-corrected chi connectivity index (χ3v) is 3.25. The van der Waals surface area contributed by atoms with Gasteiger partial charge in [0.15, 0.2) is 0 Å². The molecule has 0 saturated carbocycles. The molecule has 0 fully saturated rings. The average Bonchev–Trinajstić information content (AvgIpc) is 2.94. The van der Waals surface area contributed by atoms with Crippen LogP contribution < -0.4 is 10.6 Å². The molecule has 3 aromatic rings. The minimum Gasteiger partial charge on any atom is -0.387 e. The first-order valence-corrected chi connectivity index (χ1v) is 6.43. The molecule has 2 aromatic carbocycles. The molecule has 1 aromatic heterocycles. The van der Waals surface area contributed by atoms with Gasteiger partial charge in [-0.2, -0.15) is 0 Å². The number of hydrogen-bond donors (Lipinski definition) is 3. The fourth-order valence-electron chi connectivity index (χ4n) is 2.23. The molecule has 100 valence electrons. The first-order valence-electron chi connectivity index (χ1n) is 6.43. The highest BCUT2D eigenvalue weighted by atomic mass is 16.1. The van der Waals surface area contributed by atoms with E-state index >= 15 is 0 Å². The smallest absolute Gasteiger partial charge is 0.257 e. The van der Waals surface area contributed by atoms with Crippen molar-refractivity contribution in [3.63, 3.8) is 0 Å². The zero-order valence-corrected chi connectivity index (χ0v) is 11.1. The Morgan fingerprint density at radius 2 is 1.95 bits per heavy atom. The Morgan fingerprint density at radius 1 is 1.10 bits per heavy atom. The molecule has 0 aliphatic carbocycles. The number of aromatic nitrogens is 1. The molecule has 4 heteroatoms. The van der Waals surface area contributed by atoms with Gasteiger partial charge in [0.25, 0.3) is 5.91 Å². The van der Waals surface area contributed by atoms with Crippen LogP contribution in [-0.2, 0) is 0 Å². The number of H-pyrrole nitrogens is 1. The van der Waals surface area contributed by atoms with Gasteiger partial charge in [-0.3, -0.25) is 4.79 Å². The molecule has 3 N–H and O–H groups in total. The highest BCUT2D eigenvalue weighted by molar-refractivity contribution is 6.08. The Labute approximate surface area is 116 Å². The van der Waals surface area contributed by atoms with Crippen LogP contribution >= 0.6 is 0 Å². The number of fused-ring (bicyclic) bond motifs is 1. The van der Waals surface area contributed by atoms with Crippen LogP contribution in [0.5, 0.6) is 0 Å². The van der Waals surface area contributed by atoms with Crippen molar-refractivity contribution >= 4 is 28.2 Å². The van der Waals surface area contributed by atoms with Gasteiger partial charge in [0.1, 0.15) is 0 Å². The summed E-state index contributed by atoms with van der Waals surface area (Å²) in [5.41, 5.74) is 3.28. The largest absolute Gasteiger partial charge is 0.387 e. The molecule has 4 nitrogen and oxygen atoms in total. The number of anilines is 2. The summed E-state index contributed by atoms with van der Waals surface area (Å²) in [6.07, 6.45) is 1.88. The molecule has 0 bridgehead atoms. The predicted octanol–water partition coefficient (Wildman–Crippen LogP) is 3.46. The summed E-state index contributed by atoms with van der Waals surface area (Å²) in [6, 6.07) is 15.2. The van der Waals surface area contributed by atoms with Gasteiger partial charge in [0, 0.05) is 35.5 Å². The molecule has 0 saturated heterocycles. The van der Waals surface area contributed by atoms with Crippen molar-refractivity contribution in [3.8, 4) is 0 Å². The summed E-state index contributed by atoms with van der Waals surface area (Å²) in [5.74, 6) is -0.121. The van der Waals surface area contributed by atoms with Gasteiger partial charge in [-0.15, -0.1) is 0 Å². The molecule has 0 unspecified atom stereocenters. The Bertz CT molecular complexity index is 761. The van der Waals surface area contributed by atoms with Crippen molar-refractivity contribution in [1.82, 2.24) is 4.98 Å². The van der Waals surface area contributed by atoms with Gasteiger partial charge >= 0.3 is 0 Å². The number of nitrogens with one attached hydrogen (secondary N) is 3. The molecule has 20 heavy (non-hydrogen) atoms. The second kappa shape index (κ2) is 5.09. The Hall–Kier alpha value is -2.75. The van der Waals surface area contributed by atoms with Crippen LogP contribution in [-0.4, -0.2) is 17.9 Å². The topological polar surface area (TPSA) is 56.9 Å². The van der Waals surface area contributed by atoms with Crippen molar-refractivity contribution in [2.75, 3.05) is 17.7 Å². The maximum absolute atomic E-state index is 12.3. The summed E-state index contributed by atoms with van der Waals surface area (Å²) in [4.78, 5) is 15.4. The highest BCUT2D eigenvalue weighted by Gasteiger charge is 2.10. The lowest BCUT2D eigenvalue weighted by Gasteiger charge is -2.09. The molecule has 0 aliphatic heterocycles. The first kappa shape index (κ1) is 12.3. The summed E-state index contributed by atoms with van der Waals surface area (Å²) < 4.78 is 0. The number of amides is 1. The second-order valence-electron chi connectivity index (χ2n) is 4.53. The van der Waals surface area contributed by atoms with Gasteiger partial charge in [-0.25, -0.2) is 0 Å². The lowest BCUT2D eigenvalue weighted by molar-refractivity contribution is 0.102. The van der Waals surface area contributed by atoms with Gasteiger partial charge in [-0.1, -0.05) is 12.1 Å². The molecule has 0 radical (unpaired) electrons. The van der Waals surface area contributed by atoms with Gasteiger partial charge in [0.05, 0.1) is 5.56 Å². The van der Waals surface area contributed by atoms with Crippen LogP contribution in [0.4, 0.5) is 11.4 Å². The number of rotatable bonds is 3. The van der Waals surface area contributed by atoms with E-state index in [9.17, 15) is 4.79 Å². The number of aromatic amines is 1. The summed E-state index contributed by atoms with van der Waals surface area (Å²) in [7, 11) is 1.80. The van der Waals surface area contributed by atoms with Crippen LogP contribution in [0.15, 0.2) is 54.7 Å². The van der Waals surface area contributed by atoms with Crippen molar-refractivity contribution in [2.45, 2.75) is 0 Å². The van der Waals surface area contributed by atoms with Gasteiger partial charge in [0.2, 0.25) is 0 Å². The van der Waals surface area contributed by atoms with Crippen LogP contribution in [0.25, 0.3) is 10.9 Å². The fraction of sp³-hybridized carbons (Fsp3) is 0.0625. The molecule has 3 rings (SSSR count). The third kappa shape index (κ3) is 2.23. The van der Waals surface area contributed by atoms with E-state index in [1.165, 1.54) is 0 Å². The van der Waals surface area contributed by atoms with Crippen molar-refractivity contribution in [3.05, 3.63) is 60.3 Å². The van der Waals surface area contributed by atoms with Gasteiger partial charge in [-0.05, 0) is 36.4 Å². The van der Waals surface area contributed by atoms with E-state index in [-0.39, 0.29) is 5.91 Å². The van der Waals surface area contributed by atoms with Crippen LogP contribution in [0.1, 0.15) is 10.4 Å². The first-order chi connectivity index (χ1) is 9.78. The average molecular weight is 265 g/mol. The maximum atomic E-state index is 12.3. The van der Waals surface area contributed by atoms with Gasteiger partial charge < -0.3 is 15.6 Å². The van der Waals surface area contributed by atoms with E-state index in [2.05, 4.69) is 15.6 Å². The quantitative estimate of drug-likeness (QED) is 0.679. The number of carbonyl (C=O) groups is 1. The number of hydrogen-bond acceptors (Lipinski definition) is 2. The van der Waals surface area contributed by atoms with E-state index in [0.29, 0.717) is 5.56 Å². The van der Waals surface area contributed by atoms with E-state index in [1.807, 2.05) is 48.7 Å². The molecule has 0 atom stereocenters. The standard InChI is InChI=1S/C16H15N3O/c1-17-15-5-3-2-4-13(15)16(20)19-12-6-7-14-11(10-12)8-9-18-14/h2-10,17-18H,1H3,(H,19,20). The molecular formula is C16H15N3O. The SMILES string of the molecule is CNc1ccccc1C(=O)Nc1ccc2[nH]ccc2c1. The van der Waals surface area contributed by atoms with E-state index < -0.39 is 0 Å². The minimum atomic E-state index is -0.121. The molecule has 0 spiro atoms. The van der Waals surface area contributed by atoms with Crippen LogP contribution in [0.2, 0.25) is 0 Å². The van der Waals surface area contributed by atoms with Crippen molar-refractivity contribution in [1.29, 1.82) is 0 Å². The second-order valence-corrected chi connectivity index (χ2v) is 4.53. The van der Waals surface area contributed by atoms with Crippen LogP contribution in [0.3, 0.4) is 0 Å². The summed E-state index contributed by atoms with van der Waals surface area (Å²) in [5, 5.41) is 7.02. The molecule has 1 heterocycles. The highest BCUT2D eigenvalue weighted by Crippen LogP contribution is 2.20. The zero-order valence-electron chi connectivity index (χ0n) is 11.1. The predicted molar refractivity (Wildman–Crippen MR) is 82.2 cm³/mol. The fourth-order valence-corrected chi connectivity index (χ4v) is 2.23. The van der Waals surface area contributed by atoms with Crippen molar-refractivity contribution < 1.29 is 4.79 Å². The molecule has 1 amide bonds. The maximum Gasteiger partial charge on any atom is 0.257 e. The number of carbonyl (C=O) groups excluding carboxylic acids is 1. The van der Waals surface area contributed by atoms with Crippen LogP contribution in [0, 0.1) is 0 Å². The number of benzene rings is 2. The summed E-state index contributed by atoms with van der Waals surface area (Å²) in [6.45, 7) is 0. The monoisotopic (exact) mass is 265 g/mol. The minimum absolute atomic E-state index is 0.121. The van der Waals surface area contributed by atoms with E-state index in [1.54, 1.807) is 13.1 Å².